The van der Waals surface area contributed by atoms with E-state index in [-0.39, 0.29) is 6.10 Å². The molecular weight excluding hydrogens is 250 g/mol. The van der Waals surface area contributed by atoms with E-state index in [4.69, 9.17) is 19.7 Å². The van der Waals surface area contributed by atoms with Crippen LogP contribution >= 0.6 is 0 Å². The first-order valence-corrected chi connectivity index (χ1v) is 5.68. The lowest BCUT2D eigenvalue weighted by Crippen LogP contribution is -2.24. The molecule has 8 nitrogen and oxygen atoms in total. The van der Waals surface area contributed by atoms with Crippen LogP contribution in [0.4, 0.5) is 0 Å². The average molecular weight is 265 g/mol. The number of methoxy groups -OCH3 is 2. The summed E-state index contributed by atoms with van der Waals surface area (Å²) in [5, 5.41) is 3.86. The lowest BCUT2D eigenvalue weighted by Gasteiger charge is -2.08. The molecule has 0 aliphatic heterocycles. The summed E-state index contributed by atoms with van der Waals surface area (Å²) in [6.07, 6.45) is 1.69. The Morgan fingerprint density at radius 1 is 1.37 bits per heavy atom. The second kappa shape index (κ2) is 6.21. The van der Waals surface area contributed by atoms with Gasteiger partial charge in [-0.05, 0) is 0 Å². The smallest absolute Gasteiger partial charge is 0.229 e. The van der Waals surface area contributed by atoms with Crippen molar-refractivity contribution >= 4 is 0 Å². The van der Waals surface area contributed by atoms with Crippen molar-refractivity contribution in [2.24, 2.45) is 5.73 Å². The molecule has 2 N–H and O–H groups in total. The first kappa shape index (κ1) is 13.4. The van der Waals surface area contributed by atoms with Gasteiger partial charge in [0.05, 0.1) is 19.6 Å². The molecule has 0 amide bonds. The Kier molecular flexibility index (Phi) is 4.37. The highest BCUT2D eigenvalue weighted by molar-refractivity contribution is 5.49. The van der Waals surface area contributed by atoms with Crippen LogP contribution in [0.5, 0.6) is 5.88 Å². The standard InChI is InChI=1S/C11H15N5O3/c1-17-7(5-12)3-10-15-11(16-19-10)8-4-9(18-2)14-6-13-8/h4,6-7H,3,5,12H2,1-2H3. The molecule has 0 bridgehead atoms. The first-order valence-electron chi connectivity index (χ1n) is 5.68. The van der Waals surface area contributed by atoms with Crippen LogP contribution in [0, 0.1) is 0 Å². The summed E-state index contributed by atoms with van der Waals surface area (Å²) in [5.41, 5.74) is 6.07. The molecule has 0 aliphatic carbocycles. The molecule has 2 rings (SSSR count). The summed E-state index contributed by atoms with van der Waals surface area (Å²) in [6, 6.07) is 1.63. The molecule has 0 aliphatic rings. The van der Waals surface area contributed by atoms with Crippen molar-refractivity contribution in [3.8, 4) is 17.4 Å². The Hall–Kier alpha value is -2.06. The first-order chi connectivity index (χ1) is 9.26. The number of rotatable bonds is 6. The van der Waals surface area contributed by atoms with E-state index >= 15 is 0 Å². The highest BCUT2D eigenvalue weighted by Gasteiger charge is 2.15. The molecule has 19 heavy (non-hydrogen) atoms. The Labute approximate surface area is 110 Å². The van der Waals surface area contributed by atoms with Crippen LogP contribution in [0.3, 0.4) is 0 Å². The number of nitrogens with two attached hydrogens (primary N) is 1. The summed E-state index contributed by atoms with van der Waals surface area (Å²) < 4.78 is 15.3. The number of ether oxygens (including phenoxy) is 2. The Balaban J connectivity index is 2.15. The molecular formula is C11H15N5O3. The minimum Gasteiger partial charge on any atom is -0.481 e. The highest BCUT2D eigenvalue weighted by Crippen LogP contribution is 2.17. The molecule has 0 spiro atoms. The Bertz CT molecular complexity index is 527. The van der Waals surface area contributed by atoms with E-state index in [9.17, 15) is 0 Å². The highest BCUT2D eigenvalue weighted by atomic mass is 16.5. The van der Waals surface area contributed by atoms with Gasteiger partial charge in [-0.2, -0.15) is 4.98 Å². The van der Waals surface area contributed by atoms with Crippen LogP contribution in [-0.4, -0.2) is 47.0 Å². The number of hydrogen-bond acceptors (Lipinski definition) is 8. The molecule has 0 radical (unpaired) electrons. The molecule has 2 heterocycles. The van der Waals surface area contributed by atoms with E-state index in [1.165, 1.54) is 13.4 Å². The van der Waals surface area contributed by atoms with Crippen molar-refractivity contribution in [1.29, 1.82) is 0 Å². The monoisotopic (exact) mass is 265 g/mol. The van der Waals surface area contributed by atoms with Crippen molar-refractivity contribution in [3.05, 3.63) is 18.3 Å². The van der Waals surface area contributed by atoms with Crippen LogP contribution in [0.2, 0.25) is 0 Å². The molecule has 0 saturated carbocycles. The van der Waals surface area contributed by atoms with Gasteiger partial charge in [0.2, 0.25) is 17.6 Å². The lowest BCUT2D eigenvalue weighted by molar-refractivity contribution is 0.102. The third kappa shape index (κ3) is 3.24. The molecule has 2 aromatic heterocycles. The van der Waals surface area contributed by atoms with Crippen molar-refractivity contribution in [2.75, 3.05) is 20.8 Å². The zero-order valence-corrected chi connectivity index (χ0v) is 10.7. The molecule has 1 atom stereocenters. The fraction of sp³-hybridized carbons (Fsp3) is 0.455. The number of nitrogens with zero attached hydrogens (tertiary/aromatic N) is 4. The summed E-state index contributed by atoms with van der Waals surface area (Å²) in [5.74, 6) is 1.26. The maximum absolute atomic E-state index is 5.53. The second-order valence-electron chi connectivity index (χ2n) is 3.75. The minimum absolute atomic E-state index is 0.145. The topological polar surface area (TPSA) is 109 Å². The van der Waals surface area contributed by atoms with E-state index in [2.05, 4.69) is 20.1 Å². The van der Waals surface area contributed by atoms with Crippen molar-refractivity contribution in [1.82, 2.24) is 20.1 Å². The molecule has 102 valence electrons. The third-order valence-corrected chi connectivity index (χ3v) is 2.55. The van der Waals surface area contributed by atoms with Gasteiger partial charge in [0, 0.05) is 19.7 Å². The average Bonchev–Trinajstić information content (AvgIpc) is 2.93. The fourth-order valence-electron chi connectivity index (χ4n) is 1.47. The largest absolute Gasteiger partial charge is 0.481 e. The number of hydrogen-bond donors (Lipinski definition) is 1. The Morgan fingerprint density at radius 3 is 2.89 bits per heavy atom. The van der Waals surface area contributed by atoms with Gasteiger partial charge >= 0.3 is 0 Å². The van der Waals surface area contributed by atoms with Gasteiger partial charge in [-0.1, -0.05) is 5.16 Å². The molecule has 1 unspecified atom stereocenters. The third-order valence-electron chi connectivity index (χ3n) is 2.55. The normalized spacial score (nSPS) is 12.4. The van der Waals surface area contributed by atoms with Gasteiger partial charge in [-0.3, -0.25) is 0 Å². The molecule has 8 heteroatoms. The summed E-state index contributed by atoms with van der Waals surface area (Å²) in [6.45, 7) is 0.384. The van der Waals surface area contributed by atoms with E-state index < -0.39 is 0 Å². The SMILES string of the molecule is COc1cc(-c2noc(CC(CN)OC)n2)ncn1. The maximum Gasteiger partial charge on any atom is 0.229 e. The Morgan fingerprint density at radius 2 is 2.21 bits per heavy atom. The maximum atomic E-state index is 5.53. The number of aromatic nitrogens is 4. The van der Waals surface area contributed by atoms with Crippen LogP contribution in [0.25, 0.3) is 11.5 Å². The van der Waals surface area contributed by atoms with Crippen LogP contribution < -0.4 is 10.5 Å². The summed E-state index contributed by atoms with van der Waals surface area (Å²) in [4.78, 5) is 12.2. The van der Waals surface area contributed by atoms with Gasteiger partial charge in [0.1, 0.15) is 12.0 Å². The van der Waals surface area contributed by atoms with Gasteiger partial charge < -0.3 is 19.7 Å². The zero-order valence-electron chi connectivity index (χ0n) is 10.7. The molecule has 0 aromatic carbocycles. The van der Waals surface area contributed by atoms with E-state index in [0.29, 0.717) is 36.3 Å². The van der Waals surface area contributed by atoms with Crippen molar-refractivity contribution in [2.45, 2.75) is 12.5 Å². The summed E-state index contributed by atoms with van der Waals surface area (Å²) in [7, 11) is 3.11. The van der Waals surface area contributed by atoms with Gasteiger partial charge in [0.15, 0.2) is 0 Å². The van der Waals surface area contributed by atoms with Crippen LogP contribution in [0.1, 0.15) is 5.89 Å². The zero-order chi connectivity index (χ0) is 13.7. The van der Waals surface area contributed by atoms with Crippen molar-refractivity contribution < 1.29 is 14.0 Å². The van der Waals surface area contributed by atoms with Crippen LogP contribution in [0.15, 0.2) is 16.9 Å². The van der Waals surface area contributed by atoms with E-state index in [1.54, 1.807) is 13.2 Å². The predicted molar refractivity (Wildman–Crippen MR) is 65.4 cm³/mol. The van der Waals surface area contributed by atoms with Gasteiger partial charge in [-0.15, -0.1) is 0 Å². The fourth-order valence-corrected chi connectivity index (χ4v) is 1.47. The minimum atomic E-state index is -0.145. The van der Waals surface area contributed by atoms with Gasteiger partial charge in [-0.25, -0.2) is 9.97 Å². The predicted octanol–water partition coefficient (Wildman–Crippen LogP) is 0.0514. The molecule has 2 aromatic rings. The van der Waals surface area contributed by atoms with Crippen LogP contribution in [-0.2, 0) is 11.2 Å². The summed E-state index contributed by atoms with van der Waals surface area (Å²) >= 11 is 0. The van der Waals surface area contributed by atoms with Gasteiger partial charge in [0.25, 0.3) is 0 Å². The van der Waals surface area contributed by atoms with Crippen molar-refractivity contribution in [3.63, 3.8) is 0 Å². The lowest BCUT2D eigenvalue weighted by atomic mass is 10.2. The van der Waals surface area contributed by atoms with E-state index in [0.717, 1.165) is 0 Å². The van der Waals surface area contributed by atoms with E-state index in [1.807, 2.05) is 0 Å². The second-order valence-corrected chi connectivity index (χ2v) is 3.75. The molecule has 0 saturated heterocycles. The molecule has 0 fully saturated rings. The quantitative estimate of drug-likeness (QED) is 0.780.